The molecule has 0 unspecified atom stereocenters. The molecule has 2 aromatic carbocycles. The number of nitrogens with zero attached hydrogens (tertiary/aromatic N) is 3. The van der Waals surface area contributed by atoms with Crippen molar-refractivity contribution in [3.05, 3.63) is 71.4 Å². The van der Waals surface area contributed by atoms with Crippen molar-refractivity contribution >= 4 is 22.7 Å². The first-order valence-corrected chi connectivity index (χ1v) is 11.2. The molecule has 0 aliphatic carbocycles. The molecular weight excluding hydrogens is 435 g/mol. The lowest BCUT2D eigenvalue weighted by Crippen LogP contribution is -2.13. The van der Waals surface area contributed by atoms with E-state index in [1.165, 1.54) is 18.5 Å². The first-order chi connectivity index (χ1) is 16.4. The van der Waals surface area contributed by atoms with Crippen molar-refractivity contribution in [3.8, 4) is 17.0 Å². The molecule has 0 aliphatic heterocycles. The molecular formula is C26H27FN4O3. The Kier molecular flexibility index (Phi) is 6.77. The van der Waals surface area contributed by atoms with E-state index in [1.807, 2.05) is 31.4 Å². The van der Waals surface area contributed by atoms with Crippen LogP contribution in [0.5, 0.6) is 5.75 Å². The maximum Gasteiger partial charge on any atom is 0.339 e. The molecule has 0 fully saturated rings. The molecule has 8 heteroatoms. The Labute approximate surface area is 197 Å². The fraction of sp³-hybridized carbons (Fsp3) is 0.269. The highest BCUT2D eigenvalue weighted by Gasteiger charge is 2.14. The van der Waals surface area contributed by atoms with E-state index in [2.05, 4.69) is 15.3 Å². The van der Waals surface area contributed by atoms with Crippen LogP contribution >= 0.6 is 0 Å². The van der Waals surface area contributed by atoms with Crippen LogP contribution in [-0.2, 0) is 6.54 Å². The highest BCUT2D eigenvalue weighted by Crippen LogP contribution is 2.28. The van der Waals surface area contributed by atoms with Gasteiger partial charge in [0.2, 0.25) is 0 Å². The number of benzene rings is 2. The summed E-state index contributed by atoms with van der Waals surface area (Å²) >= 11 is 0. The minimum absolute atomic E-state index is 0.112. The number of rotatable bonds is 9. The highest BCUT2D eigenvalue weighted by atomic mass is 19.1. The maximum atomic E-state index is 14.5. The number of halogens is 1. The number of hydrogen-bond acceptors (Lipinski definition) is 5. The summed E-state index contributed by atoms with van der Waals surface area (Å²) < 4.78 is 22.1. The highest BCUT2D eigenvalue weighted by molar-refractivity contribution is 5.92. The minimum Gasteiger partial charge on any atom is -0.493 e. The van der Waals surface area contributed by atoms with Crippen molar-refractivity contribution in [2.75, 3.05) is 18.5 Å². The van der Waals surface area contributed by atoms with Gasteiger partial charge in [0.1, 0.15) is 29.3 Å². The van der Waals surface area contributed by atoms with Crippen molar-refractivity contribution in [1.29, 1.82) is 0 Å². The Bertz CT molecular complexity index is 1350. The van der Waals surface area contributed by atoms with Crippen LogP contribution in [0, 0.1) is 19.7 Å². The number of hydrogen-bond donors (Lipinski definition) is 2. The average molecular weight is 463 g/mol. The van der Waals surface area contributed by atoms with Crippen LogP contribution in [0.25, 0.3) is 22.2 Å². The second-order valence-corrected chi connectivity index (χ2v) is 8.14. The predicted octanol–water partition coefficient (Wildman–Crippen LogP) is 5.45. The Hall–Kier alpha value is -3.94. The molecule has 2 N–H and O–H groups in total. The predicted molar refractivity (Wildman–Crippen MR) is 130 cm³/mol. The Morgan fingerprint density at radius 1 is 1.15 bits per heavy atom. The molecule has 7 nitrogen and oxygen atoms in total. The summed E-state index contributed by atoms with van der Waals surface area (Å²) in [5, 5.41) is 13.6. The molecule has 2 aromatic heterocycles. The molecule has 0 amide bonds. The van der Waals surface area contributed by atoms with Crippen molar-refractivity contribution < 1.29 is 19.0 Å². The molecule has 0 saturated carbocycles. The topological polar surface area (TPSA) is 89.3 Å². The number of aryl methyl sites for hydroxylation is 2. The molecule has 0 radical (unpaired) electrons. The van der Waals surface area contributed by atoms with Gasteiger partial charge in [-0.1, -0.05) is 19.1 Å². The normalized spacial score (nSPS) is 11.1. The third kappa shape index (κ3) is 4.71. The second-order valence-electron chi connectivity index (χ2n) is 8.14. The summed E-state index contributed by atoms with van der Waals surface area (Å²) in [6.45, 7) is 7.44. The third-order valence-corrected chi connectivity index (χ3v) is 5.71. The van der Waals surface area contributed by atoms with E-state index >= 15 is 0 Å². The molecule has 176 valence electrons. The first kappa shape index (κ1) is 23.2. The zero-order valence-electron chi connectivity index (χ0n) is 19.4. The number of nitrogens with one attached hydrogen (secondary N) is 1. The Morgan fingerprint density at radius 2 is 1.97 bits per heavy atom. The lowest BCUT2D eigenvalue weighted by molar-refractivity contribution is 0.0692. The summed E-state index contributed by atoms with van der Waals surface area (Å²) in [5.74, 6) is -0.340. The number of aromatic carboxylic acids is 1. The second kappa shape index (κ2) is 9.91. The quantitative estimate of drug-likeness (QED) is 0.344. The molecule has 34 heavy (non-hydrogen) atoms. The van der Waals surface area contributed by atoms with E-state index in [-0.39, 0.29) is 11.4 Å². The average Bonchev–Trinajstić information content (AvgIpc) is 3.17. The van der Waals surface area contributed by atoms with Gasteiger partial charge in [0.15, 0.2) is 0 Å². The fourth-order valence-corrected chi connectivity index (χ4v) is 3.99. The molecule has 0 aliphatic rings. The van der Waals surface area contributed by atoms with Gasteiger partial charge in [-0.05, 0) is 50.1 Å². The van der Waals surface area contributed by atoms with Gasteiger partial charge in [0.05, 0.1) is 17.8 Å². The molecule has 0 saturated heterocycles. The summed E-state index contributed by atoms with van der Waals surface area (Å²) in [4.78, 5) is 20.1. The summed E-state index contributed by atoms with van der Waals surface area (Å²) in [7, 11) is 0. The zero-order chi connectivity index (χ0) is 24.2. The van der Waals surface area contributed by atoms with Crippen LogP contribution in [0.1, 0.15) is 35.0 Å². The van der Waals surface area contributed by atoms with Crippen LogP contribution in [0.3, 0.4) is 0 Å². The standard InChI is InChI=1S/C26H27FN4O3/c1-4-11-34-23-13-18(6-7-19(23)26(32)33)22-14-24(30-15-29-22)28-9-10-31-17(3)12-20-16(2)5-8-21(27)25(20)31/h5-8,12-15H,4,9-11H2,1-3H3,(H,32,33)(H,28,29,30). The molecule has 0 bridgehead atoms. The van der Waals surface area contributed by atoms with Gasteiger partial charge >= 0.3 is 5.97 Å². The fourth-order valence-electron chi connectivity index (χ4n) is 3.99. The zero-order valence-corrected chi connectivity index (χ0v) is 19.4. The Balaban J connectivity index is 1.52. The number of aromatic nitrogens is 3. The van der Waals surface area contributed by atoms with Crippen LogP contribution in [0.4, 0.5) is 10.2 Å². The van der Waals surface area contributed by atoms with E-state index < -0.39 is 5.97 Å². The maximum absolute atomic E-state index is 14.5. The van der Waals surface area contributed by atoms with Crippen LogP contribution < -0.4 is 10.1 Å². The van der Waals surface area contributed by atoms with Crippen LogP contribution in [-0.4, -0.2) is 38.8 Å². The monoisotopic (exact) mass is 462 g/mol. The first-order valence-electron chi connectivity index (χ1n) is 11.2. The molecule has 2 heterocycles. The number of fused-ring (bicyclic) bond motifs is 1. The van der Waals surface area contributed by atoms with Gasteiger partial charge in [-0.2, -0.15) is 0 Å². The van der Waals surface area contributed by atoms with Crippen LogP contribution in [0.15, 0.2) is 48.8 Å². The van der Waals surface area contributed by atoms with Gasteiger partial charge < -0.3 is 19.7 Å². The van der Waals surface area contributed by atoms with E-state index in [0.717, 1.165) is 28.6 Å². The van der Waals surface area contributed by atoms with Gasteiger partial charge in [-0.15, -0.1) is 0 Å². The van der Waals surface area contributed by atoms with E-state index in [0.29, 0.717) is 42.5 Å². The number of carbonyl (C=O) groups is 1. The summed E-state index contributed by atoms with van der Waals surface area (Å²) in [6.07, 6.45) is 2.22. The largest absolute Gasteiger partial charge is 0.493 e. The summed E-state index contributed by atoms with van der Waals surface area (Å²) in [6, 6.07) is 12.0. The Morgan fingerprint density at radius 3 is 2.74 bits per heavy atom. The number of carboxylic acids is 1. The van der Waals surface area contributed by atoms with Gasteiger partial charge in [-0.3, -0.25) is 0 Å². The number of anilines is 1. The molecule has 0 atom stereocenters. The third-order valence-electron chi connectivity index (χ3n) is 5.71. The van der Waals surface area contributed by atoms with Gasteiger partial charge in [0.25, 0.3) is 0 Å². The molecule has 4 rings (SSSR count). The van der Waals surface area contributed by atoms with Gasteiger partial charge in [-0.25, -0.2) is 19.2 Å². The van der Waals surface area contributed by atoms with Crippen molar-refractivity contribution in [2.45, 2.75) is 33.7 Å². The molecule has 0 spiro atoms. The summed E-state index contributed by atoms with van der Waals surface area (Å²) in [5.41, 5.74) is 4.13. The van der Waals surface area contributed by atoms with E-state index in [1.54, 1.807) is 24.3 Å². The van der Waals surface area contributed by atoms with Crippen molar-refractivity contribution in [3.63, 3.8) is 0 Å². The lowest BCUT2D eigenvalue weighted by atomic mass is 10.1. The van der Waals surface area contributed by atoms with Crippen LogP contribution in [0.2, 0.25) is 0 Å². The minimum atomic E-state index is -1.04. The van der Waals surface area contributed by atoms with Crippen molar-refractivity contribution in [1.82, 2.24) is 14.5 Å². The van der Waals surface area contributed by atoms with Crippen molar-refractivity contribution in [2.24, 2.45) is 0 Å². The SMILES string of the molecule is CCCOc1cc(-c2cc(NCCn3c(C)cc4c(C)ccc(F)c43)ncn2)ccc1C(=O)O. The van der Waals surface area contributed by atoms with Gasteiger partial charge in [0, 0.05) is 35.8 Å². The van der Waals surface area contributed by atoms with E-state index in [4.69, 9.17) is 4.74 Å². The smallest absolute Gasteiger partial charge is 0.339 e. The van der Waals surface area contributed by atoms with E-state index in [9.17, 15) is 14.3 Å². The molecule has 4 aromatic rings. The lowest BCUT2D eigenvalue weighted by Gasteiger charge is -2.12. The number of carboxylic acid groups (broad SMARTS) is 1. The number of ether oxygens (including phenoxy) is 1.